The van der Waals surface area contributed by atoms with Crippen LogP contribution in [-0.4, -0.2) is 12.5 Å². The largest absolute Gasteiger partial charge is 0.355 e. The molecule has 92 valence electrons. The average molecular weight is 240 g/mol. The smallest absolute Gasteiger partial charge is 0.216 e. The Bertz CT molecular complexity index is 533. The van der Waals surface area contributed by atoms with Crippen molar-refractivity contribution >= 4 is 5.91 Å². The zero-order valence-electron chi connectivity index (χ0n) is 10.9. The molecule has 0 fully saturated rings. The predicted octanol–water partition coefficient (Wildman–Crippen LogP) is 2.05. The molecule has 1 aromatic carbocycles. The summed E-state index contributed by atoms with van der Waals surface area (Å²) in [6, 6.07) is 5.81. The molecule has 0 aliphatic rings. The molecule has 0 aromatic heterocycles. The van der Waals surface area contributed by atoms with Crippen molar-refractivity contribution < 1.29 is 4.79 Å². The molecule has 3 nitrogen and oxygen atoms in total. The van der Waals surface area contributed by atoms with E-state index in [1.165, 1.54) is 6.92 Å². The fraction of sp³-hybridized carbons (Fsp3) is 0.333. The van der Waals surface area contributed by atoms with Crippen molar-refractivity contribution in [3.05, 3.63) is 34.4 Å². The van der Waals surface area contributed by atoms with Crippen LogP contribution >= 0.6 is 0 Å². The molecule has 1 amide bonds. The predicted molar refractivity (Wildman–Crippen MR) is 70.8 cm³/mol. The van der Waals surface area contributed by atoms with Crippen molar-refractivity contribution in [1.29, 1.82) is 5.26 Å². The van der Waals surface area contributed by atoms with E-state index in [1.807, 2.05) is 26.0 Å². The van der Waals surface area contributed by atoms with Gasteiger partial charge in [0.1, 0.15) is 0 Å². The lowest BCUT2D eigenvalue weighted by Crippen LogP contribution is -2.20. The molecule has 0 heterocycles. The van der Waals surface area contributed by atoms with Gasteiger partial charge >= 0.3 is 0 Å². The van der Waals surface area contributed by atoms with E-state index in [0.29, 0.717) is 18.5 Å². The van der Waals surface area contributed by atoms with Crippen LogP contribution in [0.5, 0.6) is 0 Å². The molecule has 0 saturated carbocycles. The first-order chi connectivity index (χ1) is 8.54. The second-order valence-corrected chi connectivity index (χ2v) is 4.13. The van der Waals surface area contributed by atoms with Gasteiger partial charge in [0.15, 0.2) is 0 Å². The molecule has 0 atom stereocenters. The Morgan fingerprint density at radius 2 is 1.94 bits per heavy atom. The molecule has 18 heavy (non-hydrogen) atoms. The Labute approximate surface area is 108 Å². The summed E-state index contributed by atoms with van der Waals surface area (Å²) in [5, 5.41) is 11.5. The number of nitrogens with zero attached hydrogens (tertiary/aromatic N) is 1. The van der Waals surface area contributed by atoms with Crippen molar-refractivity contribution in [3.63, 3.8) is 0 Å². The van der Waals surface area contributed by atoms with Gasteiger partial charge in [0.2, 0.25) is 5.91 Å². The van der Waals surface area contributed by atoms with Crippen LogP contribution in [0, 0.1) is 37.0 Å². The molecule has 0 radical (unpaired) electrons. The third-order valence-electron chi connectivity index (χ3n) is 2.50. The molecule has 0 spiro atoms. The summed E-state index contributed by atoms with van der Waals surface area (Å²) < 4.78 is 0. The minimum absolute atomic E-state index is 0.0393. The van der Waals surface area contributed by atoms with E-state index in [9.17, 15) is 4.79 Å². The highest BCUT2D eigenvalue weighted by molar-refractivity contribution is 5.72. The van der Waals surface area contributed by atoms with Gasteiger partial charge in [-0.05, 0) is 37.1 Å². The van der Waals surface area contributed by atoms with Gasteiger partial charge in [0.05, 0.1) is 11.6 Å². The summed E-state index contributed by atoms with van der Waals surface area (Å²) in [7, 11) is 0. The fourth-order valence-corrected chi connectivity index (χ4v) is 1.68. The zero-order valence-corrected chi connectivity index (χ0v) is 10.9. The number of benzene rings is 1. The molecule has 0 aliphatic carbocycles. The van der Waals surface area contributed by atoms with E-state index in [1.54, 1.807) is 0 Å². The summed E-state index contributed by atoms with van der Waals surface area (Å²) in [5.74, 6) is 6.08. The maximum atomic E-state index is 10.7. The SMILES string of the molecule is CC(=O)NCCC#Cc1c(C)cc(C#N)cc1C. The van der Waals surface area contributed by atoms with Crippen LogP contribution in [0.3, 0.4) is 0 Å². The summed E-state index contributed by atoms with van der Waals surface area (Å²) in [5.41, 5.74) is 3.66. The van der Waals surface area contributed by atoms with Crippen LogP contribution in [-0.2, 0) is 4.79 Å². The van der Waals surface area contributed by atoms with Crippen LogP contribution in [0.1, 0.15) is 35.6 Å². The highest BCUT2D eigenvalue weighted by Crippen LogP contribution is 2.15. The van der Waals surface area contributed by atoms with Crippen LogP contribution in [0.15, 0.2) is 12.1 Å². The number of carbonyl (C=O) groups is 1. The van der Waals surface area contributed by atoms with E-state index in [-0.39, 0.29) is 5.91 Å². The molecular formula is C15H16N2O. The van der Waals surface area contributed by atoms with E-state index in [0.717, 1.165) is 16.7 Å². The monoisotopic (exact) mass is 240 g/mol. The Morgan fingerprint density at radius 1 is 1.33 bits per heavy atom. The molecule has 0 saturated heterocycles. The fourth-order valence-electron chi connectivity index (χ4n) is 1.68. The van der Waals surface area contributed by atoms with Gasteiger partial charge in [0.25, 0.3) is 0 Å². The van der Waals surface area contributed by atoms with Crippen molar-refractivity contribution in [2.45, 2.75) is 27.2 Å². The lowest BCUT2D eigenvalue weighted by molar-refractivity contribution is -0.118. The van der Waals surface area contributed by atoms with Crippen LogP contribution in [0.25, 0.3) is 0 Å². The number of hydrogen-bond donors (Lipinski definition) is 1. The lowest BCUT2D eigenvalue weighted by Gasteiger charge is -2.03. The number of nitrogens with one attached hydrogen (secondary N) is 1. The van der Waals surface area contributed by atoms with Gasteiger partial charge in [-0.3, -0.25) is 4.79 Å². The molecule has 0 bridgehead atoms. The summed E-state index contributed by atoms with van der Waals surface area (Å²) in [4.78, 5) is 10.7. The summed E-state index contributed by atoms with van der Waals surface area (Å²) in [6.07, 6.45) is 0.623. The minimum atomic E-state index is -0.0393. The summed E-state index contributed by atoms with van der Waals surface area (Å²) >= 11 is 0. The zero-order chi connectivity index (χ0) is 13.5. The highest BCUT2D eigenvalue weighted by Gasteiger charge is 2.02. The Balaban J connectivity index is 2.77. The van der Waals surface area contributed by atoms with E-state index in [4.69, 9.17) is 5.26 Å². The molecule has 1 N–H and O–H groups in total. The van der Waals surface area contributed by atoms with Gasteiger partial charge in [0, 0.05) is 25.5 Å². The normalized spacial score (nSPS) is 9.00. The topological polar surface area (TPSA) is 52.9 Å². The number of rotatable bonds is 2. The van der Waals surface area contributed by atoms with Gasteiger partial charge < -0.3 is 5.32 Å². The second kappa shape index (κ2) is 6.47. The standard InChI is InChI=1S/C15H16N2O/c1-11-8-14(10-16)9-12(2)15(11)6-4-5-7-17-13(3)18/h8-9H,5,7H2,1-3H3,(H,17,18). The second-order valence-electron chi connectivity index (χ2n) is 4.13. The Morgan fingerprint density at radius 3 is 2.44 bits per heavy atom. The lowest BCUT2D eigenvalue weighted by atomic mass is 10.00. The van der Waals surface area contributed by atoms with Crippen molar-refractivity contribution in [3.8, 4) is 17.9 Å². The van der Waals surface area contributed by atoms with Crippen LogP contribution < -0.4 is 5.32 Å². The number of aryl methyl sites for hydroxylation is 2. The van der Waals surface area contributed by atoms with Crippen molar-refractivity contribution in [1.82, 2.24) is 5.32 Å². The summed E-state index contributed by atoms with van der Waals surface area (Å²) in [6.45, 7) is 5.95. The quantitative estimate of drug-likeness (QED) is 0.635. The highest BCUT2D eigenvalue weighted by atomic mass is 16.1. The molecule has 0 aliphatic heterocycles. The molecule has 1 aromatic rings. The molecular weight excluding hydrogens is 224 g/mol. The minimum Gasteiger partial charge on any atom is -0.355 e. The van der Waals surface area contributed by atoms with Crippen molar-refractivity contribution in [2.24, 2.45) is 0 Å². The maximum absolute atomic E-state index is 10.7. The van der Waals surface area contributed by atoms with Crippen LogP contribution in [0.4, 0.5) is 0 Å². The third-order valence-corrected chi connectivity index (χ3v) is 2.50. The van der Waals surface area contributed by atoms with Gasteiger partial charge in [-0.25, -0.2) is 0 Å². The Kier molecular flexibility index (Phi) is 4.96. The van der Waals surface area contributed by atoms with Gasteiger partial charge in [-0.1, -0.05) is 11.8 Å². The molecule has 1 rings (SSSR count). The first kappa shape index (κ1) is 13.8. The van der Waals surface area contributed by atoms with E-state index < -0.39 is 0 Å². The van der Waals surface area contributed by atoms with Gasteiger partial charge in [-0.2, -0.15) is 5.26 Å². The first-order valence-electron chi connectivity index (χ1n) is 5.79. The maximum Gasteiger partial charge on any atom is 0.216 e. The van der Waals surface area contributed by atoms with Gasteiger partial charge in [-0.15, -0.1) is 0 Å². The number of hydrogen-bond acceptors (Lipinski definition) is 2. The average Bonchev–Trinajstić information content (AvgIpc) is 2.31. The van der Waals surface area contributed by atoms with Crippen LogP contribution in [0.2, 0.25) is 0 Å². The first-order valence-corrected chi connectivity index (χ1v) is 5.79. The van der Waals surface area contributed by atoms with E-state index in [2.05, 4.69) is 23.2 Å². The molecule has 3 heteroatoms. The number of carbonyl (C=O) groups excluding carboxylic acids is 1. The Hall–Kier alpha value is -2.26. The number of amides is 1. The van der Waals surface area contributed by atoms with Crippen molar-refractivity contribution in [2.75, 3.05) is 6.54 Å². The van der Waals surface area contributed by atoms with E-state index >= 15 is 0 Å². The molecule has 0 unspecified atom stereocenters. The third kappa shape index (κ3) is 3.96. The number of nitriles is 1.